The maximum atomic E-state index is 8.78. The third kappa shape index (κ3) is 8.52. The van der Waals surface area contributed by atoms with Gasteiger partial charge in [-0.1, -0.05) is 0 Å². The molecular weight excluding hydrogens is 906 g/mol. The molecule has 184 valence electrons. The minimum atomic E-state index is 0.115. The molecule has 0 amide bonds. The van der Waals surface area contributed by atoms with Crippen molar-refractivity contribution in [3.8, 4) is 34.8 Å². The minimum Gasteiger partial charge on any atom is -0.496 e. The Morgan fingerprint density at radius 2 is 1.34 bits per heavy atom. The molecule has 0 fully saturated rings. The number of methoxy groups -OCH3 is 2. The Morgan fingerprint density at radius 3 is 1.83 bits per heavy atom. The van der Waals surface area contributed by atoms with Gasteiger partial charge in [-0.25, -0.2) is 4.98 Å². The molecule has 2 aromatic carbocycles. The van der Waals surface area contributed by atoms with Gasteiger partial charge in [0.2, 0.25) is 5.95 Å². The van der Waals surface area contributed by atoms with Gasteiger partial charge in [0.15, 0.2) is 17.3 Å². The summed E-state index contributed by atoms with van der Waals surface area (Å²) in [6, 6.07) is 9.44. The normalized spacial score (nSPS) is 10.5. The molecule has 0 spiro atoms. The van der Waals surface area contributed by atoms with Crippen LogP contribution in [0.15, 0.2) is 42.3 Å². The standard InChI is InChI=1S/C11H10I2N4O2.C11H9I2NO2/c1-18-7-2-6(13)8(3-5(7)12)19-9-4-16-11(15)17-10(9)14;1-3-7(6-14)16-11-5-8(12)10(15-2)4-9(11)13/h2-4H,1H3,(H4,14,15,16,17);3-5H,1-2H3. The summed E-state index contributed by atoms with van der Waals surface area (Å²) in [5, 5.41) is 8.78. The van der Waals surface area contributed by atoms with E-state index in [-0.39, 0.29) is 11.8 Å². The fourth-order valence-electron chi connectivity index (χ4n) is 2.35. The van der Waals surface area contributed by atoms with Gasteiger partial charge < -0.3 is 30.4 Å². The second kappa shape index (κ2) is 14.3. The molecule has 9 nitrogen and oxygen atoms in total. The predicted molar refractivity (Wildman–Crippen MR) is 168 cm³/mol. The van der Waals surface area contributed by atoms with Gasteiger partial charge in [-0.2, -0.15) is 10.2 Å². The molecule has 13 heteroatoms. The molecule has 35 heavy (non-hydrogen) atoms. The van der Waals surface area contributed by atoms with Crippen LogP contribution < -0.4 is 30.4 Å². The Hall–Kier alpha value is -1.53. The Morgan fingerprint density at radius 1 is 0.857 bits per heavy atom. The van der Waals surface area contributed by atoms with Gasteiger partial charge in [-0.05, 0) is 128 Å². The highest BCUT2D eigenvalue weighted by molar-refractivity contribution is 14.1. The van der Waals surface area contributed by atoms with Gasteiger partial charge in [0.1, 0.15) is 29.1 Å². The van der Waals surface area contributed by atoms with Gasteiger partial charge in [0.05, 0.1) is 34.7 Å². The van der Waals surface area contributed by atoms with Crippen LogP contribution >= 0.6 is 90.4 Å². The topological polar surface area (TPSA) is 139 Å². The third-order valence-electron chi connectivity index (χ3n) is 4.03. The van der Waals surface area contributed by atoms with Crippen molar-refractivity contribution in [3.63, 3.8) is 0 Å². The summed E-state index contributed by atoms with van der Waals surface area (Å²) >= 11 is 8.64. The molecule has 0 atom stereocenters. The maximum Gasteiger partial charge on any atom is 0.222 e. The number of hydrogen-bond donors (Lipinski definition) is 2. The summed E-state index contributed by atoms with van der Waals surface area (Å²) < 4.78 is 25.3. The van der Waals surface area contributed by atoms with Crippen molar-refractivity contribution in [3.05, 3.63) is 56.6 Å². The Bertz CT molecular complexity index is 1280. The van der Waals surface area contributed by atoms with Crippen molar-refractivity contribution in [2.75, 3.05) is 25.7 Å². The van der Waals surface area contributed by atoms with Crippen molar-refractivity contribution in [2.24, 2.45) is 0 Å². The van der Waals surface area contributed by atoms with Crippen LogP contribution in [0.3, 0.4) is 0 Å². The first-order chi connectivity index (χ1) is 16.6. The van der Waals surface area contributed by atoms with E-state index in [2.05, 4.69) is 100 Å². The molecule has 3 rings (SSSR count). The third-order valence-corrected chi connectivity index (χ3v) is 7.40. The summed E-state index contributed by atoms with van der Waals surface area (Å²) in [5.41, 5.74) is 11.2. The SMILES string of the molecule is CC=C(C#N)Oc1cc(I)c(OC)cc1I.COc1cc(I)c(Oc2cnc(N)nc2N)cc1I. The van der Waals surface area contributed by atoms with Gasteiger partial charge in [-0.15, -0.1) is 0 Å². The quantitative estimate of drug-likeness (QED) is 0.164. The average Bonchev–Trinajstić information content (AvgIpc) is 2.83. The molecule has 0 saturated carbocycles. The lowest BCUT2D eigenvalue weighted by Gasteiger charge is -2.11. The molecule has 0 unspecified atom stereocenters. The number of benzene rings is 2. The Balaban J connectivity index is 0.000000251. The number of nitrogens with zero attached hydrogens (tertiary/aromatic N) is 3. The molecule has 0 saturated heterocycles. The van der Waals surface area contributed by atoms with Gasteiger partial charge in [0.25, 0.3) is 0 Å². The molecule has 0 radical (unpaired) electrons. The number of aromatic nitrogens is 2. The zero-order chi connectivity index (χ0) is 26.1. The average molecular weight is 925 g/mol. The molecule has 1 aromatic heterocycles. The van der Waals surface area contributed by atoms with E-state index in [0.29, 0.717) is 23.0 Å². The van der Waals surface area contributed by atoms with E-state index in [1.807, 2.05) is 30.3 Å². The van der Waals surface area contributed by atoms with E-state index >= 15 is 0 Å². The van der Waals surface area contributed by atoms with E-state index < -0.39 is 0 Å². The number of nitrogens with two attached hydrogens (primary N) is 2. The van der Waals surface area contributed by atoms with E-state index in [1.54, 1.807) is 27.2 Å². The first-order valence-corrected chi connectivity index (χ1v) is 13.8. The maximum absolute atomic E-state index is 8.78. The fraction of sp³-hybridized carbons (Fsp3) is 0.136. The van der Waals surface area contributed by atoms with Crippen LogP contribution in [0.4, 0.5) is 11.8 Å². The van der Waals surface area contributed by atoms with Gasteiger partial charge in [-0.3, -0.25) is 0 Å². The summed E-state index contributed by atoms with van der Waals surface area (Å²) in [6.07, 6.45) is 3.08. The van der Waals surface area contributed by atoms with Crippen molar-refractivity contribution < 1.29 is 18.9 Å². The Kier molecular flexibility index (Phi) is 12.1. The van der Waals surface area contributed by atoms with Crippen LogP contribution in [0.5, 0.6) is 28.7 Å². The molecule has 3 aromatic rings. The molecule has 0 aliphatic carbocycles. The number of ether oxygens (including phenoxy) is 4. The van der Waals surface area contributed by atoms with Crippen molar-refractivity contribution in [1.82, 2.24) is 9.97 Å². The van der Waals surface area contributed by atoms with E-state index in [1.165, 1.54) is 6.20 Å². The van der Waals surface area contributed by atoms with Crippen LogP contribution in [-0.4, -0.2) is 24.2 Å². The molecule has 0 aliphatic heterocycles. The second-order valence-corrected chi connectivity index (χ2v) is 10.9. The number of anilines is 2. The molecule has 0 bridgehead atoms. The highest BCUT2D eigenvalue weighted by atomic mass is 127. The first kappa shape index (κ1) is 29.7. The van der Waals surface area contributed by atoms with Gasteiger partial charge in [0, 0.05) is 0 Å². The Labute approximate surface area is 257 Å². The number of allylic oxidation sites excluding steroid dienone is 2. The molecule has 4 N–H and O–H groups in total. The van der Waals surface area contributed by atoms with Crippen molar-refractivity contribution in [2.45, 2.75) is 6.92 Å². The summed E-state index contributed by atoms with van der Waals surface area (Å²) in [6.45, 7) is 1.76. The zero-order valence-corrected chi connectivity index (χ0v) is 27.2. The minimum absolute atomic E-state index is 0.115. The number of nitriles is 1. The largest absolute Gasteiger partial charge is 0.496 e. The first-order valence-electron chi connectivity index (χ1n) is 9.49. The highest BCUT2D eigenvalue weighted by Gasteiger charge is 2.12. The molecule has 1 heterocycles. The number of rotatable bonds is 6. The van der Waals surface area contributed by atoms with Crippen molar-refractivity contribution >= 4 is 102 Å². The van der Waals surface area contributed by atoms with E-state index in [9.17, 15) is 0 Å². The van der Waals surface area contributed by atoms with Crippen LogP contribution in [0, 0.1) is 25.6 Å². The van der Waals surface area contributed by atoms with Crippen LogP contribution in [-0.2, 0) is 0 Å². The fourth-order valence-corrected chi connectivity index (χ4v) is 4.76. The van der Waals surface area contributed by atoms with Crippen LogP contribution in [0.25, 0.3) is 0 Å². The smallest absolute Gasteiger partial charge is 0.222 e. The number of nitrogen functional groups attached to an aromatic ring is 2. The molecular formula is C22H19I4N5O4. The van der Waals surface area contributed by atoms with Crippen LogP contribution in [0.1, 0.15) is 6.92 Å². The van der Waals surface area contributed by atoms with Crippen LogP contribution in [0.2, 0.25) is 0 Å². The molecule has 0 aliphatic rings. The van der Waals surface area contributed by atoms with E-state index in [4.69, 9.17) is 35.7 Å². The highest BCUT2D eigenvalue weighted by Crippen LogP contribution is 2.35. The summed E-state index contributed by atoms with van der Waals surface area (Å²) in [5.74, 6) is 3.89. The lowest BCUT2D eigenvalue weighted by Crippen LogP contribution is -2.02. The lowest BCUT2D eigenvalue weighted by atomic mass is 10.3. The second-order valence-electron chi connectivity index (χ2n) is 6.28. The summed E-state index contributed by atoms with van der Waals surface area (Å²) in [7, 11) is 3.25. The van der Waals surface area contributed by atoms with E-state index in [0.717, 1.165) is 25.8 Å². The van der Waals surface area contributed by atoms with Gasteiger partial charge >= 0.3 is 0 Å². The number of halogens is 4. The number of hydrogen-bond acceptors (Lipinski definition) is 9. The lowest BCUT2D eigenvalue weighted by molar-refractivity contribution is 0.406. The monoisotopic (exact) mass is 925 g/mol. The zero-order valence-electron chi connectivity index (χ0n) is 18.6. The summed E-state index contributed by atoms with van der Waals surface area (Å²) in [4.78, 5) is 7.70. The van der Waals surface area contributed by atoms with Crippen molar-refractivity contribution in [1.29, 1.82) is 5.26 Å². The predicted octanol–water partition coefficient (Wildman–Crippen LogP) is 6.36.